The van der Waals surface area contributed by atoms with E-state index in [1.807, 2.05) is 22.9 Å². The molecule has 0 aliphatic heterocycles. The van der Waals surface area contributed by atoms with Gasteiger partial charge in [0.05, 0.1) is 0 Å². The van der Waals surface area contributed by atoms with Gasteiger partial charge in [-0.25, -0.2) is 0 Å². The highest BCUT2D eigenvalue weighted by molar-refractivity contribution is 7.08. The van der Waals surface area contributed by atoms with Gasteiger partial charge >= 0.3 is 0 Å². The lowest BCUT2D eigenvalue weighted by Crippen LogP contribution is -2.01. The first-order valence-corrected chi connectivity index (χ1v) is 5.53. The van der Waals surface area contributed by atoms with Crippen LogP contribution >= 0.6 is 11.3 Å². The molecule has 0 amide bonds. The Hall–Kier alpha value is -1.61. The van der Waals surface area contributed by atoms with E-state index >= 15 is 0 Å². The summed E-state index contributed by atoms with van der Waals surface area (Å²) < 4.78 is 0. The summed E-state index contributed by atoms with van der Waals surface area (Å²) in [5.74, 6) is 0.285. The predicted molar refractivity (Wildman–Crippen MR) is 60.5 cm³/mol. The fraction of sp³-hybridized carbons (Fsp3) is 0.0833. The number of hydrogen-bond donors (Lipinski definition) is 1. The van der Waals surface area contributed by atoms with E-state index in [2.05, 4.69) is 0 Å². The van der Waals surface area contributed by atoms with Gasteiger partial charge in [0.2, 0.25) is 0 Å². The van der Waals surface area contributed by atoms with Crippen LogP contribution in [0.4, 0.5) is 0 Å². The summed E-state index contributed by atoms with van der Waals surface area (Å²) in [6.45, 7) is 0. The highest BCUT2D eigenvalue weighted by Crippen LogP contribution is 2.14. The van der Waals surface area contributed by atoms with Crippen molar-refractivity contribution in [2.45, 2.75) is 6.42 Å². The Kier molecular flexibility index (Phi) is 2.83. The van der Waals surface area contributed by atoms with Gasteiger partial charge in [0, 0.05) is 17.4 Å². The number of rotatable bonds is 3. The minimum Gasteiger partial charge on any atom is -0.508 e. The van der Waals surface area contributed by atoms with Crippen molar-refractivity contribution in [3.8, 4) is 5.75 Å². The molecule has 0 saturated carbocycles. The van der Waals surface area contributed by atoms with Crippen molar-refractivity contribution in [3.63, 3.8) is 0 Å². The van der Waals surface area contributed by atoms with Gasteiger partial charge in [-0.3, -0.25) is 4.79 Å². The molecule has 1 heterocycles. The smallest absolute Gasteiger partial charge is 0.168 e. The second-order valence-corrected chi connectivity index (χ2v) is 4.06. The van der Waals surface area contributed by atoms with Crippen molar-refractivity contribution < 1.29 is 9.90 Å². The normalized spacial score (nSPS) is 10.1. The molecule has 0 spiro atoms. The summed E-state index contributed by atoms with van der Waals surface area (Å²) in [7, 11) is 0. The molecule has 0 bridgehead atoms. The van der Waals surface area contributed by atoms with Crippen LogP contribution in [0.25, 0.3) is 0 Å². The molecule has 1 aromatic heterocycles. The van der Waals surface area contributed by atoms with Crippen molar-refractivity contribution in [1.82, 2.24) is 0 Å². The summed E-state index contributed by atoms with van der Waals surface area (Å²) in [6, 6.07) is 8.61. The average Bonchev–Trinajstić information content (AvgIpc) is 2.70. The molecular formula is C12H10O2S. The molecule has 0 radical (unpaired) electrons. The van der Waals surface area contributed by atoms with E-state index in [0.717, 1.165) is 11.1 Å². The fourth-order valence-electron chi connectivity index (χ4n) is 1.38. The third-order valence-corrected chi connectivity index (χ3v) is 2.80. The van der Waals surface area contributed by atoms with E-state index < -0.39 is 0 Å². The molecule has 1 N–H and O–H groups in total. The van der Waals surface area contributed by atoms with E-state index in [-0.39, 0.29) is 11.5 Å². The van der Waals surface area contributed by atoms with Gasteiger partial charge in [-0.05, 0) is 29.1 Å². The number of benzene rings is 1. The number of phenolic OH excluding ortho intramolecular Hbond substituents is 1. The zero-order valence-corrected chi connectivity index (χ0v) is 8.83. The average molecular weight is 218 g/mol. The van der Waals surface area contributed by atoms with Crippen LogP contribution in [0.3, 0.4) is 0 Å². The maximum atomic E-state index is 11.7. The Morgan fingerprint density at radius 2 is 2.20 bits per heavy atom. The molecule has 1 aromatic carbocycles. The fourth-order valence-corrected chi connectivity index (χ4v) is 2.04. The molecular weight excluding hydrogens is 208 g/mol. The van der Waals surface area contributed by atoms with E-state index in [4.69, 9.17) is 0 Å². The van der Waals surface area contributed by atoms with E-state index in [1.54, 1.807) is 18.2 Å². The van der Waals surface area contributed by atoms with E-state index in [0.29, 0.717) is 6.42 Å². The summed E-state index contributed by atoms with van der Waals surface area (Å²) in [6.07, 6.45) is 0.338. The van der Waals surface area contributed by atoms with Crippen LogP contribution in [0, 0.1) is 0 Å². The second kappa shape index (κ2) is 4.28. The molecule has 2 aromatic rings. The molecule has 2 nitrogen and oxygen atoms in total. The van der Waals surface area contributed by atoms with Gasteiger partial charge in [0.15, 0.2) is 5.78 Å². The van der Waals surface area contributed by atoms with Crippen LogP contribution in [0.5, 0.6) is 5.75 Å². The maximum absolute atomic E-state index is 11.7. The SMILES string of the molecule is O=C(Cc1cccc(O)c1)c1ccsc1. The van der Waals surface area contributed by atoms with Crippen molar-refractivity contribution in [2.75, 3.05) is 0 Å². The number of carbonyl (C=O) groups excluding carboxylic acids is 1. The second-order valence-electron chi connectivity index (χ2n) is 3.28. The molecule has 0 unspecified atom stereocenters. The van der Waals surface area contributed by atoms with Crippen molar-refractivity contribution >= 4 is 17.1 Å². The number of phenols is 1. The first kappa shape index (κ1) is 9.93. The Morgan fingerprint density at radius 3 is 2.87 bits per heavy atom. The summed E-state index contributed by atoms with van der Waals surface area (Å²) in [4.78, 5) is 11.7. The lowest BCUT2D eigenvalue weighted by atomic mass is 10.1. The third kappa shape index (κ3) is 2.44. The molecule has 2 rings (SSSR count). The quantitative estimate of drug-likeness (QED) is 0.804. The minimum atomic E-state index is 0.0850. The number of hydrogen-bond acceptors (Lipinski definition) is 3. The molecule has 0 aliphatic rings. The number of ketones is 1. The zero-order valence-electron chi connectivity index (χ0n) is 8.01. The Labute approximate surface area is 91.8 Å². The predicted octanol–water partition coefficient (Wildman–Crippen LogP) is 2.88. The van der Waals surface area contributed by atoms with Crippen LogP contribution in [0.1, 0.15) is 15.9 Å². The zero-order chi connectivity index (χ0) is 10.7. The van der Waals surface area contributed by atoms with Crippen molar-refractivity contribution in [2.24, 2.45) is 0 Å². The summed E-state index contributed by atoms with van der Waals surface area (Å²) in [5, 5.41) is 13.0. The van der Waals surface area contributed by atoms with Gasteiger partial charge in [0.1, 0.15) is 5.75 Å². The highest BCUT2D eigenvalue weighted by Gasteiger charge is 2.07. The van der Waals surface area contributed by atoms with Crippen LogP contribution in [-0.4, -0.2) is 10.9 Å². The number of thiophene rings is 1. The monoisotopic (exact) mass is 218 g/mol. The lowest BCUT2D eigenvalue weighted by Gasteiger charge is -1.99. The van der Waals surface area contributed by atoms with Crippen LogP contribution < -0.4 is 0 Å². The number of aromatic hydroxyl groups is 1. The summed E-state index contributed by atoms with van der Waals surface area (Å²) in [5.41, 5.74) is 1.58. The standard InChI is InChI=1S/C12H10O2S/c13-11-3-1-2-9(6-11)7-12(14)10-4-5-15-8-10/h1-6,8,13H,7H2. The van der Waals surface area contributed by atoms with Crippen LogP contribution in [-0.2, 0) is 6.42 Å². The Morgan fingerprint density at radius 1 is 1.33 bits per heavy atom. The van der Waals surface area contributed by atoms with E-state index in [1.165, 1.54) is 11.3 Å². The Balaban J connectivity index is 2.13. The van der Waals surface area contributed by atoms with Crippen LogP contribution in [0.15, 0.2) is 41.1 Å². The highest BCUT2D eigenvalue weighted by atomic mass is 32.1. The molecule has 0 aliphatic carbocycles. The molecule has 0 saturated heterocycles. The lowest BCUT2D eigenvalue weighted by molar-refractivity contribution is 0.0993. The molecule has 76 valence electrons. The third-order valence-electron chi connectivity index (χ3n) is 2.12. The van der Waals surface area contributed by atoms with Gasteiger partial charge < -0.3 is 5.11 Å². The molecule has 0 fully saturated rings. The molecule has 3 heteroatoms. The minimum absolute atomic E-state index is 0.0850. The Bertz CT molecular complexity index is 460. The van der Waals surface area contributed by atoms with Gasteiger partial charge in [-0.15, -0.1) is 0 Å². The first-order chi connectivity index (χ1) is 7.25. The van der Waals surface area contributed by atoms with E-state index in [9.17, 15) is 9.90 Å². The van der Waals surface area contributed by atoms with Gasteiger partial charge in [-0.2, -0.15) is 11.3 Å². The number of carbonyl (C=O) groups is 1. The van der Waals surface area contributed by atoms with Gasteiger partial charge in [0.25, 0.3) is 0 Å². The summed E-state index contributed by atoms with van der Waals surface area (Å²) >= 11 is 1.51. The van der Waals surface area contributed by atoms with Crippen molar-refractivity contribution in [3.05, 3.63) is 52.2 Å². The molecule has 0 atom stereocenters. The first-order valence-electron chi connectivity index (χ1n) is 4.59. The van der Waals surface area contributed by atoms with Crippen molar-refractivity contribution in [1.29, 1.82) is 0 Å². The van der Waals surface area contributed by atoms with Crippen LogP contribution in [0.2, 0.25) is 0 Å². The largest absolute Gasteiger partial charge is 0.508 e. The maximum Gasteiger partial charge on any atom is 0.168 e. The van der Waals surface area contributed by atoms with Gasteiger partial charge in [-0.1, -0.05) is 12.1 Å². The molecule has 15 heavy (non-hydrogen) atoms. The topological polar surface area (TPSA) is 37.3 Å². The number of Topliss-reactive ketones (excluding diaryl/α,β-unsaturated/α-hetero) is 1.